The highest BCUT2D eigenvalue weighted by atomic mass is 35.5. The molecule has 0 bridgehead atoms. The third-order valence-electron chi connectivity index (χ3n) is 3.90. The molecule has 1 aliphatic heterocycles. The number of hydrogen-bond donors (Lipinski definition) is 0. The lowest BCUT2D eigenvalue weighted by molar-refractivity contribution is -0.0497. The van der Waals surface area contributed by atoms with Crippen molar-refractivity contribution in [3.05, 3.63) is 59.1 Å². The highest BCUT2D eigenvalue weighted by molar-refractivity contribution is 6.32. The molecule has 1 aromatic heterocycles. The van der Waals surface area contributed by atoms with E-state index in [9.17, 15) is 22.4 Å². The Morgan fingerprint density at radius 2 is 2.00 bits per heavy atom. The van der Waals surface area contributed by atoms with Crippen molar-refractivity contribution in [2.24, 2.45) is 0 Å². The maximum absolute atomic E-state index is 13.3. The van der Waals surface area contributed by atoms with Crippen molar-refractivity contribution >= 4 is 17.7 Å². The van der Waals surface area contributed by atoms with Gasteiger partial charge in [0, 0.05) is 18.3 Å². The highest BCUT2D eigenvalue weighted by Crippen LogP contribution is 2.33. The van der Waals surface area contributed by atoms with Crippen LogP contribution in [-0.4, -0.2) is 29.1 Å². The van der Waals surface area contributed by atoms with Gasteiger partial charge in [0.2, 0.25) is 0 Å². The third-order valence-corrected chi connectivity index (χ3v) is 4.21. The van der Waals surface area contributed by atoms with Crippen LogP contribution in [0.2, 0.25) is 5.02 Å². The van der Waals surface area contributed by atoms with Crippen LogP contribution in [0.5, 0.6) is 5.75 Å². The van der Waals surface area contributed by atoms with Gasteiger partial charge in [-0.25, -0.2) is 13.6 Å². The number of amides is 1. The smallest absolute Gasteiger partial charge is 0.415 e. The molecule has 5 nitrogen and oxygen atoms in total. The summed E-state index contributed by atoms with van der Waals surface area (Å²) in [5.41, 5.74) is 0.377. The molecule has 10 heteroatoms. The minimum atomic E-state index is -3.07. The van der Waals surface area contributed by atoms with Crippen molar-refractivity contribution in [3.8, 4) is 16.9 Å². The third kappa shape index (κ3) is 4.53. The number of aromatic nitrogens is 1. The molecule has 1 aliphatic rings. The molecule has 3 rings (SSSR count). The van der Waals surface area contributed by atoms with Crippen molar-refractivity contribution in [3.63, 3.8) is 0 Å². The first kappa shape index (κ1) is 19.9. The van der Waals surface area contributed by atoms with Crippen LogP contribution in [0.15, 0.2) is 42.8 Å². The van der Waals surface area contributed by atoms with Gasteiger partial charge in [0.05, 0.1) is 17.8 Å². The van der Waals surface area contributed by atoms with Gasteiger partial charge in [-0.1, -0.05) is 17.7 Å². The quantitative estimate of drug-likeness (QED) is 0.591. The molecule has 0 saturated heterocycles. The number of alkyl halides is 4. The molecular weight excluding hydrogens is 404 g/mol. The fraction of sp³-hybridized carbons (Fsp3) is 0.222. The van der Waals surface area contributed by atoms with Gasteiger partial charge in [-0.3, -0.25) is 9.88 Å². The number of cyclic esters (lactones) is 1. The lowest BCUT2D eigenvalue weighted by Gasteiger charge is -2.23. The number of rotatable bonds is 6. The van der Waals surface area contributed by atoms with Gasteiger partial charge in [0.25, 0.3) is 6.43 Å². The van der Waals surface area contributed by atoms with E-state index in [1.807, 2.05) is 0 Å². The topological polar surface area (TPSA) is 51.7 Å². The Balaban J connectivity index is 1.97. The summed E-state index contributed by atoms with van der Waals surface area (Å²) in [5.74, 6) is -0.251. The van der Waals surface area contributed by atoms with Crippen LogP contribution in [0.1, 0.15) is 17.7 Å². The molecule has 0 saturated carbocycles. The molecule has 0 radical (unpaired) electrons. The lowest BCUT2D eigenvalue weighted by Crippen LogP contribution is -2.33. The summed E-state index contributed by atoms with van der Waals surface area (Å²) in [5, 5.41) is -0.0238. The summed E-state index contributed by atoms with van der Waals surface area (Å²) in [4.78, 5) is 16.8. The Morgan fingerprint density at radius 3 is 2.68 bits per heavy atom. The first-order valence-corrected chi connectivity index (χ1v) is 8.35. The maximum Gasteiger partial charge on any atom is 0.415 e. The average molecular weight is 417 g/mol. The van der Waals surface area contributed by atoms with Gasteiger partial charge < -0.3 is 9.47 Å². The second-order valence-electron chi connectivity index (χ2n) is 5.73. The molecule has 2 aromatic rings. The van der Waals surface area contributed by atoms with E-state index >= 15 is 0 Å². The molecule has 148 valence electrons. The van der Waals surface area contributed by atoms with E-state index < -0.39 is 24.8 Å². The average Bonchev–Trinajstić information content (AvgIpc) is 2.65. The number of hydrogen-bond acceptors (Lipinski definition) is 4. The van der Waals surface area contributed by atoms with Gasteiger partial charge in [-0.2, -0.15) is 8.78 Å². The van der Waals surface area contributed by atoms with Crippen molar-refractivity contribution in [2.75, 3.05) is 6.54 Å². The van der Waals surface area contributed by atoms with Crippen LogP contribution < -0.4 is 4.74 Å². The van der Waals surface area contributed by atoms with E-state index in [0.29, 0.717) is 11.1 Å². The van der Waals surface area contributed by atoms with Crippen molar-refractivity contribution in [2.45, 2.75) is 19.6 Å². The normalized spacial score (nSPS) is 14.0. The van der Waals surface area contributed by atoms with E-state index in [1.54, 1.807) is 6.08 Å². The first-order chi connectivity index (χ1) is 13.3. The van der Waals surface area contributed by atoms with Crippen molar-refractivity contribution < 1.29 is 31.8 Å². The van der Waals surface area contributed by atoms with Gasteiger partial charge in [0.15, 0.2) is 0 Å². The Kier molecular flexibility index (Phi) is 6.03. The summed E-state index contributed by atoms with van der Waals surface area (Å²) in [6.07, 6.45) is 0.443. The molecule has 0 atom stereocenters. The molecule has 0 spiro atoms. The summed E-state index contributed by atoms with van der Waals surface area (Å²) < 4.78 is 60.8. The van der Waals surface area contributed by atoms with E-state index in [1.165, 1.54) is 41.6 Å². The van der Waals surface area contributed by atoms with Crippen LogP contribution in [0.4, 0.5) is 22.4 Å². The minimum absolute atomic E-state index is 0.0238. The van der Waals surface area contributed by atoms with Crippen LogP contribution in [0.25, 0.3) is 11.1 Å². The number of pyridine rings is 1. The number of benzene rings is 1. The summed E-state index contributed by atoms with van der Waals surface area (Å²) in [6, 6.07) is 5.54. The highest BCUT2D eigenvalue weighted by Gasteiger charge is 2.22. The van der Waals surface area contributed by atoms with Crippen molar-refractivity contribution in [1.82, 2.24) is 9.88 Å². The fourth-order valence-corrected chi connectivity index (χ4v) is 2.79. The van der Waals surface area contributed by atoms with Gasteiger partial charge in [0.1, 0.15) is 11.4 Å². The second-order valence-corrected chi connectivity index (χ2v) is 6.14. The Hall–Kier alpha value is -2.81. The van der Waals surface area contributed by atoms with Gasteiger partial charge in [-0.15, -0.1) is 0 Å². The fourth-order valence-electron chi connectivity index (χ4n) is 2.63. The van der Waals surface area contributed by atoms with Crippen LogP contribution in [0, 0.1) is 0 Å². The summed E-state index contributed by atoms with van der Waals surface area (Å²) in [7, 11) is 0. The monoisotopic (exact) mass is 416 g/mol. The van der Waals surface area contributed by atoms with Crippen LogP contribution >= 0.6 is 11.6 Å². The number of carbonyl (C=O) groups is 1. The molecule has 0 unspecified atom stereocenters. The predicted molar refractivity (Wildman–Crippen MR) is 92.3 cm³/mol. The van der Waals surface area contributed by atoms with E-state index in [-0.39, 0.29) is 29.4 Å². The molecule has 28 heavy (non-hydrogen) atoms. The molecule has 0 N–H and O–H groups in total. The summed E-state index contributed by atoms with van der Waals surface area (Å²) >= 11 is 5.83. The molecular formula is C18H13ClF4N2O3. The Bertz CT molecular complexity index is 908. The number of halogens is 5. The minimum Gasteiger partial charge on any atom is -0.433 e. The van der Waals surface area contributed by atoms with Gasteiger partial charge in [-0.05, 0) is 35.4 Å². The van der Waals surface area contributed by atoms with E-state index in [2.05, 4.69) is 9.72 Å². The lowest BCUT2D eigenvalue weighted by atomic mass is 10.0. The molecule has 0 fully saturated rings. The Morgan fingerprint density at radius 1 is 1.21 bits per heavy atom. The van der Waals surface area contributed by atoms with E-state index in [0.717, 1.165) is 0 Å². The Labute approximate surface area is 162 Å². The zero-order valence-corrected chi connectivity index (χ0v) is 14.9. The van der Waals surface area contributed by atoms with Crippen LogP contribution in [0.3, 0.4) is 0 Å². The van der Waals surface area contributed by atoms with E-state index in [4.69, 9.17) is 16.3 Å². The number of nitrogens with zero attached hydrogens (tertiary/aromatic N) is 2. The molecule has 1 aromatic carbocycles. The number of carbonyl (C=O) groups excluding carboxylic acids is 1. The standard InChI is InChI=1S/C18H13ClF4N2O3/c19-13-3-2-10(7-14(13)28-17(22)23)11-6-12(15(16(20)21)24-8-11)9-25-4-1-5-27-18(25)26/h1-3,5-8,16-17H,4,9H2. The first-order valence-electron chi connectivity index (χ1n) is 7.97. The van der Waals surface area contributed by atoms with Crippen molar-refractivity contribution in [1.29, 1.82) is 0 Å². The predicted octanol–water partition coefficient (Wildman–Crippen LogP) is 5.41. The summed E-state index contributed by atoms with van der Waals surface area (Å²) in [6.45, 7) is -3.03. The van der Waals surface area contributed by atoms with Crippen LogP contribution in [-0.2, 0) is 11.3 Å². The zero-order valence-electron chi connectivity index (χ0n) is 14.1. The SMILES string of the molecule is O=C1OC=CCN1Cc1cc(-c2ccc(Cl)c(OC(F)F)c2)cnc1C(F)F. The number of ether oxygens (including phenoxy) is 2. The molecule has 0 aliphatic carbocycles. The second kappa shape index (κ2) is 8.47. The maximum atomic E-state index is 13.3. The zero-order chi connectivity index (χ0) is 20.3. The molecule has 2 heterocycles. The van der Waals surface area contributed by atoms with Gasteiger partial charge >= 0.3 is 12.7 Å². The molecule has 1 amide bonds. The largest absolute Gasteiger partial charge is 0.433 e.